The molecule has 0 aliphatic rings. The second kappa shape index (κ2) is 7.17. The maximum atomic E-state index is 11.7. The molecule has 0 saturated heterocycles. The highest BCUT2D eigenvalue weighted by Crippen LogP contribution is 2.11. The van der Waals surface area contributed by atoms with Gasteiger partial charge >= 0.3 is 6.03 Å². The largest absolute Gasteiger partial charge is 0.334 e. The summed E-state index contributed by atoms with van der Waals surface area (Å²) in [5, 5.41) is 6.21. The number of hydrogen-bond donors (Lipinski definition) is 2. The number of nitrogens with one attached hydrogen (secondary N) is 2. The Bertz CT molecular complexity index is 567. The molecule has 0 atom stereocenters. The molecule has 0 spiro atoms. The van der Waals surface area contributed by atoms with Crippen LogP contribution in [0.5, 0.6) is 0 Å². The van der Waals surface area contributed by atoms with E-state index in [9.17, 15) is 4.79 Å². The van der Waals surface area contributed by atoms with E-state index in [-0.39, 0.29) is 6.03 Å². The van der Waals surface area contributed by atoms with Crippen molar-refractivity contribution in [2.75, 3.05) is 5.32 Å². The lowest BCUT2D eigenvalue weighted by Gasteiger charge is -2.08. The van der Waals surface area contributed by atoms with Crippen molar-refractivity contribution >= 4 is 34.9 Å². The van der Waals surface area contributed by atoms with Crippen molar-refractivity contribution in [2.45, 2.75) is 12.4 Å². The summed E-state index contributed by atoms with van der Waals surface area (Å²) in [5.74, 6) is 0.461. The fourth-order valence-corrected chi connectivity index (χ4v) is 1.94. The van der Waals surface area contributed by atoms with Gasteiger partial charge in [-0.3, -0.25) is 0 Å². The van der Waals surface area contributed by atoms with E-state index in [0.29, 0.717) is 17.4 Å². The molecule has 20 heavy (non-hydrogen) atoms. The zero-order valence-corrected chi connectivity index (χ0v) is 12.2. The fraction of sp³-hybridized carbons (Fsp3) is 0.133. The van der Waals surface area contributed by atoms with Gasteiger partial charge < -0.3 is 10.6 Å². The van der Waals surface area contributed by atoms with Crippen LogP contribution in [0.4, 0.5) is 10.5 Å². The van der Waals surface area contributed by atoms with Gasteiger partial charge in [0.1, 0.15) is 0 Å². The lowest BCUT2D eigenvalue weighted by Crippen LogP contribution is -2.28. The third kappa shape index (κ3) is 4.44. The van der Waals surface area contributed by atoms with Gasteiger partial charge in [-0.1, -0.05) is 35.9 Å². The van der Waals surface area contributed by atoms with Crippen LogP contribution in [0, 0.1) is 0 Å². The number of anilines is 1. The first-order valence-electron chi connectivity index (χ1n) is 6.11. The van der Waals surface area contributed by atoms with Gasteiger partial charge in [0.25, 0.3) is 0 Å². The monoisotopic (exact) mass is 308 g/mol. The summed E-state index contributed by atoms with van der Waals surface area (Å²) in [6.07, 6.45) is 0. The average molecular weight is 309 g/mol. The van der Waals surface area contributed by atoms with E-state index >= 15 is 0 Å². The smallest absolute Gasteiger partial charge is 0.319 e. The summed E-state index contributed by atoms with van der Waals surface area (Å²) < 4.78 is 0. The van der Waals surface area contributed by atoms with Crippen LogP contribution in [-0.2, 0) is 12.4 Å². The maximum Gasteiger partial charge on any atom is 0.319 e. The summed E-state index contributed by atoms with van der Waals surface area (Å²) in [5.41, 5.74) is 2.73. The topological polar surface area (TPSA) is 41.1 Å². The fourth-order valence-electron chi connectivity index (χ4n) is 1.64. The molecule has 0 aromatic heterocycles. The van der Waals surface area contributed by atoms with Crippen molar-refractivity contribution in [1.29, 1.82) is 0 Å². The molecule has 0 fully saturated rings. The molecular weight excluding hydrogens is 295 g/mol. The average Bonchev–Trinajstić information content (AvgIpc) is 2.47. The predicted octanol–water partition coefficient (Wildman–Crippen LogP) is 4.40. The minimum absolute atomic E-state index is 0.251. The molecule has 104 valence electrons. The molecule has 0 bridgehead atoms. The van der Waals surface area contributed by atoms with Crippen LogP contribution in [0.1, 0.15) is 11.1 Å². The first-order valence-corrected chi connectivity index (χ1v) is 7.03. The van der Waals surface area contributed by atoms with Crippen molar-refractivity contribution in [3.8, 4) is 0 Å². The van der Waals surface area contributed by atoms with Gasteiger partial charge in [-0.15, -0.1) is 11.6 Å². The molecule has 5 heteroatoms. The van der Waals surface area contributed by atoms with Crippen LogP contribution in [0.2, 0.25) is 5.02 Å². The van der Waals surface area contributed by atoms with Crippen molar-refractivity contribution < 1.29 is 4.79 Å². The van der Waals surface area contributed by atoms with Gasteiger partial charge in [0.2, 0.25) is 0 Å². The minimum Gasteiger partial charge on any atom is -0.334 e. The van der Waals surface area contributed by atoms with Crippen LogP contribution in [0.25, 0.3) is 0 Å². The van der Waals surface area contributed by atoms with Gasteiger partial charge in [0.05, 0.1) is 0 Å². The summed E-state index contributed by atoms with van der Waals surface area (Å²) >= 11 is 11.5. The summed E-state index contributed by atoms with van der Waals surface area (Å²) in [6.45, 7) is 0.447. The quantitative estimate of drug-likeness (QED) is 0.808. The van der Waals surface area contributed by atoms with E-state index in [1.54, 1.807) is 12.1 Å². The third-order valence-corrected chi connectivity index (χ3v) is 3.29. The Morgan fingerprint density at radius 2 is 1.55 bits per heavy atom. The number of carbonyl (C=O) groups is 1. The highest BCUT2D eigenvalue weighted by Gasteiger charge is 2.02. The Labute approximate surface area is 127 Å². The van der Waals surface area contributed by atoms with E-state index in [1.165, 1.54) is 0 Å². The first kappa shape index (κ1) is 14.7. The molecule has 0 unspecified atom stereocenters. The number of halogens is 2. The predicted molar refractivity (Wildman–Crippen MR) is 83.3 cm³/mol. The summed E-state index contributed by atoms with van der Waals surface area (Å²) in [4.78, 5) is 11.7. The summed E-state index contributed by atoms with van der Waals surface area (Å²) in [7, 11) is 0. The van der Waals surface area contributed by atoms with Gasteiger partial charge in [-0.2, -0.15) is 0 Å². The molecule has 2 aromatic rings. The maximum absolute atomic E-state index is 11.7. The van der Waals surface area contributed by atoms with Crippen LogP contribution < -0.4 is 10.6 Å². The van der Waals surface area contributed by atoms with E-state index in [4.69, 9.17) is 23.2 Å². The van der Waals surface area contributed by atoms with Crippen LogP contribution >= 0.6 is 23.2 Å². The van der Waals surface area contributed by atoms with Crippen molar-refractivity contribution in [3.63, 3.8) is 0 Å². The lowest BCUT2D eigenvalue weighted by atomic mass is 10.2. The SMILES string of the molecule is O=C(NCc1ccc(Cl)cc1)Nc1ccc(CCl)cc1. The first-order chi connectivity index (χ1) is 9.67. The highest BCUT2D eigenvalue weighted by molar-refractivity contribution is 6.30. The number of rotatable bonds is 4. The Kier molecular flexibility index (Phi) is 5.27. The molecule has 0 heterocycles. The van der Waals surface area contributed by atoms with Crippen LogP contribution in [-0.4, -0.2) is 6.03 Å². The third-order valence-electron chi connectivity index (χ3n) is 2.73. The number of carbonyl (C=O) groups excluding carboxylic acids is 1. The van der Waals surface area contributed by atoms with Gasteiger partial charge in [0.15, 0.2) is 0 Å². The number of hydrogen-bond acceptors (Lipinski definition) is 1. The van der Waals surface area contributed by atoms with Gasteiger partial charge in [0, 0.05) is 23.1 Å². The van der Waals surface area contributed by atoms with Gasteiger partial charge in [-0.05, 0) is 35.4 Å². The lowest BCUT2D eigenvalue weighted by molar-refractivity contribution is 0.251. The normalized spacial score (nSPS) is 10.1. The molecule has 0 radical (unpaired) electrons. The standard InChI is InChI=1S/C15H14Cl2N2O/c16-9-11-3-7-14(8-4-11)19-15(20)18-10-12-1-5-13(17)6-2-12/h1-8H,9-10H2,(H2,18,19,20). The zero-order valence-electron chi connectivity index (χ0n) is 10.7. The van der Waals surface area contributed by atoms with E-state index in [2.05, 4.69) is 10.6 Å². The van der Waals surface area contributed by atoms with Crippen molar-refractivity contribution in [3.05, 3.63) is 64.7 Å². The Balaban J connectivity index is 1.84. The molecule has 3 nitrogen and oxygen atoms in total. The molecule has 2 amide bonds. The van der Waals surface area contributed by atoms with Crippen LogP contribution in [0.15, 0.2) is 48.5 Å². The molecule has 2 aromatic carbocycles. The number of benzene rings is 2. The van der Waals surface area contributed by atoms with E-state index in [0.717, 1.165) is 16.8 Å². The Hall–Kier alpha value is -1.71. The van der Waals surface area contributed by atoms with Crippen molar-refractivity contribution in [2.24, 2.45) is 0 Å². The Morgan fingerprint density at radius 1 is 0.950 bits per heavy atom. The molecule has 2 rings (SSSR count). The number of amides is 2. The molecule has 0 saturated carbocycles. The molecule has 2 N–H and O–H groups in total. The molecular formula is C15H14Cl2N2O. The van der Waals surface area contributed by atoms with Gasteiger partial charge in [-0.25, -0.2) is 4.79 Å². The van der Waals surface area contributed by atoms with E-state index < -0.39 is 0 Å². The number of alkyl halides is 1. The second-order valence-corrected chi connectivity index (χ2v) is 4.97. The Morgan fingerprint density at radius 3 is 2.15 bits per heavy atom. The molecule has 0 aliphatic heterocycles. The minimum atomic E-state index is -0.251. The van der Waals surface area contributed by atoms with Crippen LogP contribution in [0.3, 0.4) is 0 Å². The zero-order chi connectivity index (χ0) is 14.4. The van der Waals surface area contributed by atoms with E-state index in [1.807, 2.05) is 36.4 Å². The highest BCUT2D eigenvalue weighted by atomic mass is 35.5. The molecule has 0 aliphatic carbocycles. The van der Waals surface area contributed by atoms with Crippen molar-refractivity contribution in [1.82, 2.24) is 5.32 Å². The number of urea groups is 1. The second-order valence-electron chi connectivity index (χ2n) is 4.26. The summed E-state index contributed by atoms with van der Waals surface area (Å²) in [6, 6.07) is 14.5.